The van der Waals surface area contributed by atoms with Crippen LogP contribution in [0.3, 0.4) is 0 Å². The largest absolute Gasteiger partial charge is 0.366 e. The third-order valence-corrected chi connectivity index (χ3v) is 2.97. The van der Waals surface area contributed by atoms with Crippen molar-refractivity contribution in [1.29, 1.82) is 0 Å². The zero-order valence-electron chi connectivity index (χ0n) is 9.26. The summed E-state index contributed by atoms with van der Waals surface area (Å²) < 4.78 is 13.1. The van der Waals surface area contributed by atoms with Gasteiger partial charge in [-0.15, -0.1) is 0 Å². The van der Waals surface area contributed by atoms with E-state index in [1.807, 2.05) is 19.1 Å². The van der Waals surface area contributed by atoms with Crippen LogP contribution in [0.2, 0.25) is 0 Å². The third kappa shape index (κ3) is 2.12. The molecule has 1 aromatic carbocycles. The van der Waals surface area contributed by atoms with Crippen LogP contribution in [0.25, 0.3) is 0 Å². The van der Waals surface area contributed by atoms with E-state index in [0.717, 1.165) is 30.9 Å². The van der Waals surface area contributed by atoms with Crippen LogP contribution in [0.1, 0.15) is 12.5 Å². The molecule has 82 valence electrons. The highest BCUT2D eigenvalue weighted by Crippen LogP contribution is 2.21. The maximum atomic E-state index is 13.1. The Morgan fingerprint density at radius 2 is 2.27 bits per heavy atom. The number of benzene rings is 1. The summed E-state index contributed by atoms with van der Waals surface area (Å²) in [7, 11) is 0. The zero-order valence-corrected chi connectivity index (χ0v) is 9.26. The number of rotatable bonds is 1. The normalized spacial score (nSPS) is 21.8. The fourth-order valence-corrected chi connectivity index (χ4v) is 2.03. The lowest BCUT2D eigenvalue weighted by Gasteiger charge is -2.36. The van der Waals surface area contributed by atoms with Crippen LogP contribution < -0.4 is 10.2 Å². The van der Waals surface area contributed by atoms with Gasteiger partial charge in [-0.25, -0.2) is 4.39 Å². The van der Waals surface area contributed by atoms with E-state index in [2.05, 4.69) is 17.1 Å². The molecule has 0 aliphatic carbocycles. The lowest BCUT2D eigenvalue weighted by atomic mass is 10.1. The van der Waals surface area contributed by atoms with Gasteiger partial charge in [0.15, 0.2) is 0 Å². The second-order valence-electron chi connectivity index (χ2n) is 4.18. The monoisotopic (exact) mass is 208 g/mol. The van der Waals surface area contributed by atoms with Crippen molar-refractivity contribution in [2.75, 3.05) is 24.5 Å². The van der Waals surface area contributed by atoms with Crippen molar-refractivity contribution in [2.24, 2.45) is 0 Å². The van der Waals surface area contributed by atoms with Gasteiger partial charge in [0.1, 0.15) is 5.82 Å². The SMILES string of the molecule is Cc1cc(N2CCNC[C@@H]2C)ccc1F. The molecular formula is C12H17FN2. The quantitative estimate of drug-likeness (QED) is 0.758. The molecule has 1 N–H and O–H groups in total. The van der Waals surface area contributed by atoms with Crippen molar-refractivity contribution in [1.82, 2.24) is 5.32 Å². The molecule has 1 fully saturated rings. The fraction of sp³-hybridized carbons (Fsp3) is 0.500. The topological polar surface area (TPSA) is 15.3 Å². The molecule has 3 heteroatoms. The first-order chi connectivity index (χ1) is 7.18. The number of hydrogen-bond acceptors (Lipinski definition) is 2. The molecule has 1 atom stereocenters. The highest BCUT2D eigenvalue weighted by Gasteiger charge is 2.18. The van der Waals surface area contributed by atoms with Gasteiger partial charge in [0, 0.05) is 31.4 Å². The predicted molar refractivity (Wildman–Crippen MR) is 60.8 cm³/mol. The Hall–Kier alpha value is -1.09. The maximum absolute atomic E-state index is 13.1. The molecule has 0 radical (unpaired) electrons. The van der Waals surface area contributed by atoms with Gasteiger partial charge in [-0.2, -0.15) is 0 Å². The van der Waals surface area contributed by atoms with E-state index in [0.29, 0.717) is 6.04 Å². The summed E-state index contributed by atoms with van der Waals surface area (Å²) in [6.45, 7) is 6.99. The maximum Gasteiger partial charge on any atom is 0.126 e. The molecule has 15 heavy (non-hydrogen) atoms. The number of nitrogens with zero attached hydrogens (tertiary/aromatic N) is 1. The fourth-order valence-electron chi connectivity index (χ4n) is 2.03. The first-order valence-corrected chi connectivity index (χ1v) is 5.42. The van der Waals surface area contributed by atoms with Crippen LogP contribution in [0, 0.1) is 12.7 Å². The number of nitrogens with one attached hydrogen (secondary N) is 1. The molecule has 1 saturated heterocycles. The van der Waals surface area contributed by atoms with Gasteiger partial charge in [-0.1, -0.05) is 0 Å². The van der Waals surface area contributed by atoms with E-state index in [4.69, 9.17) is 0 Å². The standard InChI is InChI=1S/C12H17FN2/c1-9-7-11(3-4-12(9)13)15-6-5-14-8-10(15)2/h3-4,7,10,14H,5-6,8H2,1-2H3/t10-/m0/s1. The molecule has 1 aliphatic heterocycles. The van der Waals surface area contributed by atoms with E-state index >= 15 is 0 Å². The molecule has 1 aliphatic rings. The second kappa shape index (κ2) is 4.19. The van der Waals surface area contributed by atoms with Gasteiger partial charge in [-0.3, -0.25) is 0 Å². The van der Waals surface area contributed by atoms with Gasteiger partial charge in [0.2, 0.25) is 0 Å². The summed E-state index contributed by atoms with van der Waals surface area (Å²) in [6.07, 6.45) is 0. The van der Waals surface area contributed by atoms with Crippen LogP contribution in [-0.4, -0.2) is 25.7 Å². The number of anilines is 1. The molecular weight excluding hydrogens is 191 g/mol. The number of halogens is 1. The number of hydrogen-bond donors (Lipinski definition) is 1. The second-order valence-corrected chi connectivity index (χ2v) is 4.18. The summed E-state index contributed by atoms with van der Waals surface area (Å²) in [5.41, 5.74) is 1.85. The lowest BCUT2D eigenvalue weighted by Crippen LogP contribution is -2.49. The molecule has 0 saturated carbocycles. The van der Waals surface area contributed by atoms with Gasteiger partial charge in [0.25, 0.3) is 0 Å². The van der Waals surface area contributed by atoms with Crippen molar-refractivity contribution in [3.05, 3.63) is 29.6 Å². The molecule has 0 unspecified atom stereocenters. The van der Waals surface area contributed by atoms with Gasteiger partial charge >= 0.3 is 0 Å². The zero-order chi connectivity index (χ0) is 10.8. The summed E-state index contributed by atoms with van der Waals surface area (Å²) in [5.74, 6) is -0.124. The minimum absolute atomic E-state index is 0.124. The lowest BCUT2D eigenvalue weighted by molar-refractivity contribution is 0.500. The van der Waals surface area contributed by atoms with Crippen molar-refractivity contribution in [2.45, 2.75) is 19.9 Å². The average molecular weight is 208 g/mol. The Kier molecular flexibility index (Phi) is 2.91. The van der Waals surface area contributed by atoms with E-state index in [1.54, 1.807) is 6.07 Å². The predicted octanol–water partition coefficient (Wildman–Crippen LogP) is 1.93. The van der Waals surface area contributed by atoms with Crippen molar-refractivity contribution >= 4 is 5.69 Å². The smallest absolute Gasteiger partial charge is 0.126 e. The minimum Gasteiger partial charge on any atom is -0.366 e. The Morgan fingerprint density at radius 3 is 2.93 bits per heavy atom. The van der Waals surface area contributed by atoms with Crippen LogP contribution in [-0.2, 0) is 0 Å². The van der Waals surface area contributed by atoms with E-state index in [9.17, 15) is 4.39 Å². The van der Waals surface area contributed by atoms with Gasteiger partial charge < -0.3 is 10.2 Å². The van der Waals surface area contributed by atoms with Crippen LogP contribution in [0.4, 0.5) is 10.1 Å². The average Bonchev–Trinajstić information content (AvgIpc) is 2.23. The van der Waals surface area contributed by atoms with Crippen LogP contribution in [0.15, 0.2) is 18.2 Å². The Bertz CT molecular complexity index is 351. The highest BCUT2D eigenvalue weighted by molar-refractivity contribution is 5.50. The molecule has 2 nitrogen and oxygen atoms in total. The van der Waals surface area contributed by atoms with E-state index in [1.165, 1.54) is 0 Å². The molecule has 1 heterocycles. The van der Waals surface area contributed by atoms with Crippen LogP contribution >= 0.6 is 0 Å². The summed E-state index contributed by atoms with van der Waals surface area (Å²) in [6, 6.07) is 5.82. The first-order valence-electron chi connectivity index (χ1n) is 5.42. The molecule has 0 amide bonds. The van der Waals surface area contributed by atoms with E-state index < -0.39 is 0 Å². The Balaban J connectivity index is 2.24. The number of piperazine rings is 1. The molecule has 1 aromatic rings. The van der Waals surface area contributed by atoms with Gasteiger partial charge in [0.05, 0.1) is 0 Å². The number of aryl methyl sites for hydroxylation is 1. The van der Waals surface area contributed by atoms with Crippen LogP contribution in [0.5, 0.6) is 0 Å². The Morgan fingerprint density at radius 1 is 1.47 bits per heavy atom. The molecule has 0 aromatic heterocycles. The summed E-state index contributed by atoms with van der Waals surface area (Å²) in [5, 5.41) is 3.34. The minimum atomic E-state index is -0.124. The van der Waals surface area contributed by atoms with Crippen molar-refractivity contribution in [3.63, 3.8) is 0 Å². The molecule has 2 rings (SSSR count). The first kappa shape index (κ1) is 10.4. The highest BCUT2D eigenvalue weighted by atomic mass is 19.1. The van der Waals surface area contributed by atoms with Crippen molar-refractivity contribution < 1.29 is 4.39 Å². The van der Waals surface area contributed by atoms with E-state index in [-0.39, 0.29) is 5.82 Å². The van der Waals surface area contributed by atoms with Gasteiger partial charge in [-0.05, 0) is 37.6 Å². The Labute approximate surface area is 90.1 Å². The van der Waals surface area contributed by atoms with Crippen molar-refractivity contribution in [3.8, 4) is 0 Å². The third-order valence-electron chi connectivity index (χ3n) is 2.97. The molecule has 0 spiro atoms. The summed E-state index contributed by atoms with van der Waals surface area (Å²) in [4.78, 5) is 2.32. The molecule has 0 bridgehead atoms. The summed E-state index contributed by atoms with van der Waals surface area (Å²) >= 11 is 0.